The van der Waals surface area contributed by atoms with Gasteiger partial charge in [-0.25, -0.2) is 9.80 Å². The summed E-state index contributed by atoms with van der Waals surface area (Å²) in [6.45, 7) is 1.25. The van der Waals surface area contributed by atoms with E-state index in [0.29, 0.717) is 13.1 Å². The molecule has 1 aliphatic rings. The van der Waals surface area contributed by atoms with E-state index < -0.39 is 12.0 Å². The van der Waals surface area contributed by atoms with Crippen LogP contribution in [0.5, 0.6) is 0 Å². The summed E-state index contributed by atoms with van der Waals surface area (Å²) in [4.78, 5) is 20.5. The number of carboxylic acid groups (broad SMARTS) is 1. The minimum absolute atomic E-state index is 0.279. The minimum Gasteiger partial charge on any atom is -0.480 e. The number of rotatable bonds is 2. The summed E-state index contributed by atoms with van der Waals surface area (Å²) in [6.07, 6.45) is 0. The van der Waals surface area contributed by atoms with Crippen LogP contribution in [0.25, 0.3) is 0 Å². The molecule has 1 atom stereocenters. The molecule has 6 heteroatoms. The Labute approximate surface area is 63.1 Å². The fourth-order valence-corrected chi connectivity index (χ4v) is 1.01. The fourth-order valence-electron chi connectivity index (χ4n) is 1.01. The number of hydrogen-bond donors (Lipinski definition) is 2. The van der Waals surface area contributed by atoms with Gasteiger partial charge in [0.1, 0.15) is 0 Å². The van der Waals surface area contributed by atoms with Crippen LogP contribution in [0.4, 0.5) is 0 Å². The summed E-state index contributed by atoms with van der Waals surface area (Å²) in [5.41, 5.74) is 0. The third kappa shape index (κ3) is 1.64. The zero-order chi connectivity index (χ0) is 8.27. The van der Waals surface area contributed by atoms with Crippen LogP contribution in [0.15, 0.2) is 5.29 Å². The topological polar surface area (TPSA) is 82.0 Å². The molecule has 1 fully saturated rings. The first kappa shape index (κ1) is 7.93. The number of piperazine rings is 1. The summed E-state index contributed by atoms with van der Waals surface area (Å²) >= 11 is 0. The van der Waals surface area contributed by atoms with Crippen LogP contribution < -0.4 is 5.32 Å². The van der Waals surface area contributed by atoms with Crippen LogP contribution in [0, 0.1) is 4.91 Å². The van der Waals surface area contributed by atoms with E-state index in [-0.39, 0.29) is 6.54 Å². The van der Waals surface area contributed by atoms with Gasteiger partial charge < -0.3 is 10.4 Å². The molecule has 0 aromatic carbocycles. The van der Waals surface area contributed by atoms with E-state index in [1.165, 1.54) is 0 Å². The van der Waals surface area contributed by atoms with Crippen LogP contribution >= 0.6 is 0 Å². The molecule has 1 heterocycles. The van der Waals surface area contributed by atoms with Crippen molar-refractivity contribution in [3.05, 3.63) is 4.91 Å². The molecule has 6 nitrogen and oxygen atoms in total. The Morgan fingerprint density at radius 2 is 2.45 bits per heavy atom. The Morgan fingerprint density at radius 1 is 1.73 bits per heavy atom. The molecule has 1 rings (SSSR count). The van der Waals surface area contributed by atoms with E-state index in [4.69, 9.17) is 5.11 Å². The Bertz CT molecular complexity index is 172. The van der Waals surface area contributed by atoms with Gasteiger partial charge >= 0.3 is 5.97 Å². The summed E-state index contributed by atoms with van der Waals surface area (Å²) in [5.74, 6) is -1.02. The van der Waals surface area contributed by atoms with Crippen LogP contribution in [0.1, 0.15) is 0 Å². The lowest BCUT2D eigenvalue weighted by molar-refractivity contribution is -0.143. The highest BCUT2D eigenvalue weighted by molar-refractivity contribution is 5.73. The van der Waals surface area contributed by atoms with Crippen molar-refractivity contribution in [2.45, 2.75) is 6.04 Å². The van der Waals surface area contributed by atoms with E-state index in [2.05, 4.69) is 10.6 Å². The molecule has 2 N–H and O–H groups in total. The Hall–Kier alpha value is -1.17. The molecule has 0 spiro atoms. The van der Waals surface area contributed by atoms with Crippen molar-refractivity contribution in [3.8, 4) is 0 Å². The van der Waals surface area contributed by atoms with Crippen molar-refractivity contribution in [1.82, 2.24) is 10.3 Å². The number of nitrogens with zero attached hydrogens (tertiary/aromatic N) is 2. The lowest BCUT2D eigenvalue weighted by atomic mass is 10.2. The number of nitrogens with one attached hydrogen (secondary N) is 1. The van der Waals surface area contributed by atoms with E-state index in [1.807, 2.05) is 0 Å². The van der Waals surface area contributed by atoms with E-state index >= 15 is 0 Å². The van der Waals surface area contributed by atoms with Gasteiger partial charge in [0.05, 0.1) is 11.8 Å². The number of hydrogen-bond acceptors (Lipinski definition) is 4. The molecule has 0 radical (unpaired) electrons. The van der Waals surface area contributed by atoms with E-state index in [9.17, 15) is 9.70 Å². The van der Waals surface area contributed by atoms with Crippen molar-refractivity contribution in [2.24, 2.45) is 5.29 Å². The fraction of sp³-hybridized carbons (Fsp3) is 0.800. The van der Waals surface area contributed by atoms with Gasteiger partial charge in [-0.3, -0.25) is 0 Å². The lowest BCUT2D eigenvalue weighted by Crippen LogP contribution is -2.52. The van der Waals surface area contributed by atoms with Gasteiger partial charge in [-0.15, -0.1) is 4.91 Å². The lowest BCUT2D eigenvalue weighted by Gasteiger charge is -2.27. The Morgan fingerprint density at radius 3 is 2.91 bits per heavy atom. The molecule has 0 amide bonds. The van der Waals surface area contributed by atoms with Crippen LogP contribution in [0.2, 0.25) is 0 Å². The van der Waals surface area contributed by atoms with E-state index in [1.54, 1.807) is 0 Å². The second-order valence-electron chi connectivity index (χ2n) is 2.30. The van der Waals surface area contributed by atoms with Crippen LogP contribution in [-0.2, 0) is 4.79 Å². The highest BCUT2D eigenvalue weighted by atomic mass is 16.4. The molecular formula is C5H9N3O3. The second kappa shape index (κ2) is 3.29. The first-order valence-corrected chi connectivity index (χ1v) is 3.29. The molecule has 1 aliphatic heterocycles. The minimum atomic E-state index is -1.02. The summed E-state index contributed by atoms with van der Waals surface area (Å²) in [6, 6.07) is -0.804. The molecule has 1 saturated heterocycles. The first-order valence-electron chi connectivity index (χ1n) is 3.29. The van der Waals surface area contributed by atoms with Crippen LogP contribution in [0.3, 0.4) is 0 Å². The van der Waals surface area contributed by atoms with Gasteiger partial charge in [0.15, 0.2) is 6.04 Å². The average Bonchev–Trinajstić information content (AvgIpc) is 2.04. The largest absolute Gasteiger partial charge is 0.480 e. The molecule has 0 saturated carbocycles. The Balaban J connectivity index is 2.58. The number of carbonyl (C=O) groups is 1. The Kier molecular flexibility index (Phi) is 2.37. The molecule has 1 unspecified atom stereocenters. The van der Waals surface area contributed by atoms with Crippen molar-refractivity contribution in [3.63, 3.8) is 0 Å². The van der Waals surface area contributed by atoms with Crippen molar-refractivity contribution in [1.29, 1.82) is 0 Å². The normalized spacial score (nSPS) is 24.7. The zero-order valence-corrected chi connectivity index (χ0v) is 5.86. The highest BCUT2D eigenvalue weighted by Gasteiger charge is 2.27. The molecule has 0 bridgehead atoms. The zero-order valence-electron chi connectivity index (χ0n) is 5.86. The predicted octanol–water partition coefficient (Wildman–Crippen LogP) is -0.974. The smallest absolute Gasteiger partial charge is 0.329 e. The van der Waals surface area contributed by atoms with Gasteiger partial charge in [0.2, 0.25) is 0 Å². The quantitative estimate of drug-likeness (QED) is 0.506. The third-order valence-corrected chi connectivity index (χ3v) is 1.61. The molecule has 0 aliphatic carbocycles. The summed E-state index contributed by atoms with van der Waals surface area (Å²) < 4.78 is 0. The second-order valence-corrected chi connectivity index (χ2v) is 2.30. The van der Waals surface area contributed by atoms with Crippen molar-refractivity contribution < 1.29 is 9.90 Å². The van der Waals surface area contributed by atoms with Gasteiger partial charge in [-0.1, -0.05) is 0 Å². The van der Waals surface area contributed by atoms with Crippen LogP contribution in [-0.4, -0.2) is 41.8 Å². The molecular weight excluding hydrogens is 150 g/mol. The summed E-state index contributed by atoms with van der Waals surface area (Å²) in [5, 5.41) is 15.1. The number of carboxylic acids is 1. The molecule has 0 aromatic rings. The average molecular weight is 159 g/mol. The number of nitroso groups, excluding NO2 is 1. The summed E-state index contributed by atoms with van der Waals surface area (Å²) in [7, 11) is 0. The standard InChI is InChI=1S/C5H9N3O3/c9-5(10)4-3-6-1-2-8(4)7-11/h4,6H,1-3H2,(H,9,10). The maximum absolute atomic E-state index is 10.4. The van der Waals surface area contributed by atoms with Crippen molar-refractivity contribution >= 4 is 5.97 Å². The van der Waals surface area contributed by atoms with Gasteiger partial charge in [-0.05, 0) is 0 Å². The number of aliphatic carboxylic acids is 1. The maximum Gasteiger partial charge on any atom is 0.329 e. The molecule has 62 valence electrons. The monoisotopic (exact) mass is 159 g/mol. The highest BCUT2D eigenvalue weighted by Crippen LogP contribution is 2.02. The van der Waals surface area contributed by atoms with E-state index in [0.717, 1.165) is 5.01 Å². The first-order chi connectivity index (χ1) is 5.25. The molecule has 11 heavy (non-hydrogen) atoms. The van der Waals surface area contributed by atoms with Gasteiger partial charge in [0.25, 0.3) is 0 Å². The maximum atomic E-state index is 10.4. The van der Waals surface area contributed by atoms with Crippen molar-refractivity contribution in [2.75, 3.05) is 19.6 Å². The predicted molar refractivity (Wildman–Crippen MR) is 36.8 cm³/mol. The van der Waals surface area contributed by atoms with Gasteiger partial charge in [0, 0.05) is 13.1 Å². The third-order valence-electron chi connectivity index (χ3n) is 1.61. The van der Waals surface area contributed by atoms with Gasteiger partial charge in [-0.2, -0.15) is 0 Å². The molecule has 0 aromatic heterocycles. The SMILES string of the molecule is O=NN1CCNCC1C(=O)O.